The Kier molecular flexibility index (Phi) is 5.25. The minimum absolute atomic E-state index is 0.0289. The molecule has 0 spiro atoms. The van der Waals surface area contributed by atoms with Crippen LogP contribution in [0.3, 0.4) is 0 Å². The van der Waals surface area contributed by atoms with E-state index in [0.717, 1.165) is 0 Å². The summed E-state index contributed by atoms with van der Waals surface area (Å²) in [6.07, 6.45) is 6.82. The van der Waals surface area contributed by atoms with Crippen molar-refractivity contribution in [3.63, 3.8) is 0 Å². The predicted octanol–water partition coefficient (Wildman–Crippen LogP) is 7.75. The van der Waals surface area contributed by atoms with E-state index in [2.05, 4.69) is 113 Å². The number of allylic oxidation sites excluding steroid dienone is 1. The summed E-state index contributed by atoms with van der Waals surface area (Å²) in [5.41, 5.74) is 7.84. The van der Waals surface area contributed by atoms with Gasteiger partial charge in [0.15, 0.2) is 0 Å². The summed E-state index contributed by atoms with van der Waals surface area (Å²) in [6.45, 7) is 11.8. The Morgan fingerprint density at radius 3 is 1.93 bits per heavy atom. The topological polar surface area (TPSA) is 0 Å². The molecule has 2 aliphatic rings. The van der Waals surface area contributed by atoms with Gasteiger partial charge in [0.2, 0.25) is 0 Å². The van der Waals surface area contributed by atoms with Crippen LogP contribution in [0, 0.1) is 0 Å². The lowest BCUT2D eigenvalue weighted by Gasteiger charge is -2.43. The molecule has 148 valence electrons. The molecule has 1 saturated heterocycles. The minimum atomic E-state index is 0.0289. The number of hydrogen-bond donors (Lipinski definition) is 0. The quantitative estimate of drug-likeness (QED) is 0.509. The second-order valence-corrected chi connectivity index (χ2v) is 12.3. The Bertz CT molecular complexity index is 881. The molecule has 0 aromatic heterocycles. The van der Waals surface area contributed by atoms with E-state index >= 15 is 0 Å². The fourth-order valence-corrected chi connectivity index (χ4v) is 7.98. The van der Waals surface area contributed by atoms with Crippen LogP contribution in [0.25, 0.3) is 6.08 Å². The zero-order valence-electron chi connectivity index (χ0n) is 17.8. The Labute approximate surface area is 179 Å². The molecule has 0 amide bonds. The van der Waals surface area contributed by atoms with Gasteiger partial charge in [-0.3, -0.25) is 0 Å². The molecule has 2 aromatic carbocycles. The summed E-state index contributed by atoms with van der Waals surface area (Å²) in [6, 6.07) is 16.6. The molecule has 0 radical (unpaired) electrons. The van der Waals surface area contributed by atoms with Crippen LogP contribution < -0.4 is 0 Å². The molecule has 2 aromatic rings. The standard InChI is InChI=1S/C26H32S2/c1-6-7-19-8-10-20(11-9-19)26(27-16-17-28-26)21-12-13-22-23(18-21)25(4,5)15-14-24(22,2)3/h6-13,18H,14-17H2,1-5H3/b7-6+. The maximum absolute atomic E-state index is 2.56. The first-order chi connectivity index (χ1) is 13.3. The van der Waals surface area contributed by atoms with E-state index in [-0.39, 0.29) is 14.9 Å². The molecule has 0 nitrogen and oxygen atoms in total. The van der Waals surface area contributed by atoms with Gasteiger partial charge in [-0.15, -0.1) is 23.5 Å². The van der Waals surface area contributed by atoms with Gasteiger partial charge in [0.25, 0.3) is 0 Å². The molecule has 1 heterocycles. The molecule has 0 atom stereocenters. The Morgan fingerprint density at radius 1 is 0.750 bits per heavy atom. The number of fused-ring (bicyclic) bond motifs is 1. The molecular weight excluding hydrogens is 376 g/mol. The van der Waals surface area contributed by atoms with Gasteiger partial charge in [-0.1, -0.05) is 82.3 Å². The number of benzene rings is 2. The van der Waals surface area contributed by atoms with Gasteiger partial charge in [0.1, 0.15) is 4.08 Å². The first-order valence-corrected chi connectivity index (χ1v) is 12.4. The second-order valence-electron chi connectivity index (χ2n) is 9.46. The van der Waals surface area contributed by atoms with Gasteiger partial charge in [0, 0.05) is 11.5 Å². The summed E-state index contributed by atoms with van der Waals surface area (Å²) in [4.78, 5) is 0. The largest absolute Gasteiger partial charge is 0.134 e. The van der Waals surface area contributed by atoms with Gasteiger partial charge in [-0.25, -0.2) is 0 Å². The number of rotatable bonds is 3. The third-order valence-corrected chi connectivity index (χ3v) is 10.1. The van der Waals surface area contributed by atoms with E-state index < -0.39 is 0 Å². The van der Waals surface area contributed by atoms with Crippen LogP contribution in [0.2, 0.25) is 0 Å². The lowest BCUT2D eigenvalue weighted by Crippen LogP contribution is -2.34. The van der Waals surface area contributed by atoms with Crippen molar-refractivity contribution < 1.29 is 0 Å². The van der Waals surface area contributed by atoms with Crippen LogP contribution in [0.5, 0.6) is 0 Å². The molecule has 1 aliphatic carbocycles. The van der Waals surface area contributed by atoms with Crippen molar-refractivity contribution in [2.75, 3.05) is 11.5 Å². The summed E-state index contributed by atoms with van der Waals surface area (Å²) < 4.78 is 0.0289. The SMILES string of the molecule is C/C=C/c1ccc(C2(c3ccc4c(c3)C(C)(C)CCC4(C)C)SCCS2)cc1. The lowest BCUT2D eigenvalue weighted by molar-refractivity contribution is 0.331. The van der Waals surface area contributed by atoms with Crippen molar-refractivity contribution in [2.24, 2.45) is 0 Å². The van der Waals surface area contributed by atoms with Gasteiger partial charge < -0.3 is 0 Å². The molecule has 0 bridgehead atoms. The molecule has 1 aliphatic heterocycles. The summed E-state index contributed by atoms with van der Waals surface area (Å²) in [5.74, 6) is 2.43. The molecular formula is C26H32S2. The van der Waals surface area contributed by atoms with E-state index in [9.17, 15) is 0 Å². The highest BCUT2D eigenvalue weighted by Gasteiger charge is 2.42. The third-order valence-electron chi connectivity index (χ3n) is 6.58. The highest BCUT2D eigenvalue weighted by atomic mass is 32.2. The Morgan fingerprint density at radius 2 is 1.32 bits per heavy atom. The predicted molar refractivity (Wildman–Crippen MR) is 129 cm³/mol. The maximum Gasteiger partial charge on any atom is 0.111 e. The van der Waals surface area contributed by atoms with Crippen molar-refractivity contribution in [2.45, 2.75) is 62.4 Å². The smallest absolute Gasteiger partial charge is 0.111 e. The van der Waals surface area contributed by atoms with Crippen molar-refractivity contribution in [1.29, 1.82) is 0 Å². The van der Waals surface area contributed by atoms with Crippen LogP contribution in [0.15, 0.2) is 48.5 Å². The first kappa shape index (κ1) is 20.2. The van der Waals surface area contributed by atoms with Crippen molar-refractivity contribution >= 4 is 29.6 Å². The highest BCUT2D eigenvalue weighted by Crippen LogP contribution is 2.57. The number of thioether (sulfide) groups is 2. The normalized spacial score (nSPS) is 22.3. The highest BCUT2D eigenvalue weighted by molar-refractivity contribution is 8.20. The molecule has 1 fully saturated rings. The van der Waals surface area contributed by atoms with Crippen molar-refractivity contribution in [1.82, 2.24) is 0 Å². The zero-order valence-corrected chi connectivity index (χ0v) is 19.5. The molecule has 0 unspecified atom stereocenters. The second kappa shape index (κ2) is 7.29. The van der Waals surface area contributed by atoms with Crippen molar-refractivity contribution in [3.8, 4) is 0 Å². The third kappa shape index (κ3) is 3.37. The summed E-state index contributed by atoms with van der Waals surface area (Å²) in [5, 5.41) is 0. The maximum atomic E-state index is 2.56. The molecule has 0 saturated carbocycles. The number of hydrogen-bond acceptors (Lipinski definition) is 2. The van der Waals surface area contributed by atoms with Gasteiger partial charge in [-0.2, -0.15) is 0 Å². The Hall–Kier alpha value is -1.12. The van der Waals surface area contributed by atoms with Crippen LogP contribution in [0.4, 0.5) is 0 Å². The van der Waals surface area contributed by atoms with Crippen molar-refractivity contribution in [3.05, 3.63) is 76.4 Å². The molecule has 0 N–H and O–H groups in total. The fourth-order valence-electron chi connectivity index (χ4n) is 4.71. The van der Waals surface area contributed by atoms with Crippen LogP contribution in [0.1, 0.15) is 75.3 Å². The average Bonchev–Trinajstić information content (AvgIpc) is 3.17. The van der Waals surface area contributed by atoms with E-state index in [1.165, 1.54) is 41.0 Å². The van der Waals surface area contributed by atoms with Gasteiger partial charge >= 0.3 is 0 Å². The Balaban J connectivity index is 1.83. The average molecular weight is 409 g/mol. The van der Waals surface area contributed by atoms with Gasteiger partial charge in [0.05, 0.1) is 0 Å². The van der Waals surface area contributed by atoms with Crippen LogP contribution in [-0.2, 0) is 14.9 Å². The molecule has 28 heavy (non-hydrogen) atoms. The summed E-state index contributed by atoms with van der Waals surface area (Å²) in [7, 11) is 0. The van der Waals surface area contributed by atoms with E-state index in [0.29, 0.717) is 0 Å². The van der Waals surface area contributed by atoms with Gasteiger partial charge in [-0.05, 0) is 58.4 Å². The van der Waals surface area contributed by atoms with Crippen LogP contribution >= 0.6 is 23.5 Å². The fraction of sp³-hybridized carbons (Fsp3) is 0.462. The summed E-state index contributed by atoms with van der Waals surface area (Å²) >= 11 is 4.22. The lowest BCUT2D eigenvalue weighted by atomic mass is 9.63. The van der Waals surface area contributed by atoms with E-state index in [1.807, 2.05) is 0 Å². The minimum Gasteiger partial charge on any atom is -0.134 e. The first-order valence-electron chi connectivity index (χ1n) is 10.5. The monoisotopic (exact) mass is 408 g/mol. The van der Waals surface area contributed by atoms with Crippen LogP contribution in [-0.4, -0.2) is 11.5 Å². The van der Waals surface area contributed by atoms with E-state index in [4.69, 9.17) is 0 Å². The zero-order chi connectivity index (χ0) is 20.0. The molecule has 2 heteroatoms. The van der Waals surface area contributed by atoms with E-state index in [1.54, 1.807) is 11.1 Å². The molecule has 4 rings (SSSR count).